The van der Waals surface area contributed by atoms with Gasteiger partial charge in [0.1, 0.15) is 18.8 Å². The third-order valence-corrected chi connectivity index (χ3v) is 5.60. The van der Waals surface area contributed by atoms with Gasteiger partial charge >= 0.3 is 0 Å². The number of likely N-dealkylation sites (tertiary alicyclic amines) is 1. The normalized spacial score (nSPS) is 18.4. The average molecular weight is 423 g/mol. The van der Waals surface area contributed by atoms with Crippen LogP contribution in [0.25, 0.3) is 22.0 Å². The Hall–Kier alpha value is -3.62. The first-order chi connectivity index (χ1) is 14.9. The van der Waals surface area contributed by atoms with Crippen molar-refractivity contribution in [2.24, 2.45) is 0 Å². The van der Waals surface area contributed by atoms with Gasteiger partial charge in [-0.1, -0.05) is 6.07 Å². The van der Waals surface area contributed by atoms with E-state index in [1.54, 1.807) is 23.2 Å². The van der Waals surface area contributed by atoms with Crippen LogP contribution >= 0.6 is 0 Å². The summed E-state index contributed by atoms with van der Waals surface area (Å²) in [7, 11) is 1.46. The third-order valence-electron chi connectivity index (χ3n) is 5.60. The number of nitrogens with zero attached hydrogens (tertiary/aromatic N) is 4. The molecule has 0 unspecified atom stereocenters. The molecule has 8 nitrogen and oxygen atoms in total. The molecule has 160 valence electrons. The fraction of sp³-hybridized carbons (Fsp3) is 0.318. The van der Waals surface area contributed by atoms with Gasteiger partial charge in [-0.2, -0.15) is 10.2 Å². The van der Waals surface area contributed by atoms with Gasteiger partial charge in [-0.05, 0) is 30.7 Å². The van der Waals surface area contributed by atoms with E-state index in [9.17, 15) is 18.8 Å². The van der Waals surface area contributed by atoms with Crippen molar-refractivity contribution in [2.45, 2.75) is 32.1 Å². The van der Waals surface area contributed by atoms with E-state index in [0.29, 0.717) is 16.5 Å². The SMILES string of the molecule is CNC(=O)[C@@H]1C[C@@H](F)CN1C(=O)Cn1cc(C(C)=O)c2cc(-c3ccnnc3)ccc21. The van der Waals surface area contributed by atoms with Crippen LogP contribution in [0.5, 0.6) is 0 Å². The van der Waals surface area contributed by atoms with Gasteiger partial charge in [0.25, 0.3) is 0 Å². The number of aromatic nitrogens is 3. The Labute approximate surface area is 178 Å². The van der Waals surface area contributed by atoms with Gasteiger partial charge < -0.3 is 14.8 Å². The standard InChI is InChI=1S/C22H22FN5O3/c1-13(29)18-11-27(12-21(30)28-10-16(23)8-20(28)22(31)24-2)19-4-3-14(7-17(18)19)15-5-6-25-26-9-15/h3-7,9,11,16,20H,8,10,12H2,1-2H3,(H,24,31)/t16-,20+/m1/s1. The summed E-state index contributed by atoms with van der Waals surface area (Å²) in [4.78, 5) is 38.6. The van der Waals surface area contributed by atoms with Crippen LogP contribution < -0.4 is 5.32 Å². The molecule has 31 heavy (non-hydrogen) atoms. The Morgan fingerprint density at radius 1 is 1.19 bits per heavy atom. The molecule has 1 N–H and O–H groups in total. The maximum atomic E-state index is 14.0. The number of ketones is 1. The predicted octanol–water partition coefficient (Wildman–Crippen LogP) is 1.99. The molecule has 4 rings (SSSR count). The molecule has 3 heterocycles. The molecule has 2 amide bonds. The zero-order valence-electron chi connectivity index (χ0n) is 17.2. The second-order valence-corrected chi connectivity index (χ2v) is 7.60. The van der Waals surface area contributed by atoms with Crippen LogP contribution in [0.15, 0.2) is 42.9 Å². The Morgan fingerprint density at radius 2 is 2.00 bits per heavy atom. The molecule has 0 saturated carbocycles. The molecule has 1 aliphatic rings. The van der Waals surface area contributed by atoms with Crippen molar-refractivity contribution < 1.29 is 18.8 Å². The van der Waals surface area contributed by atoms with E-state index in [1.165, 1.54) is 18.9 Å². The number of carbonyl (C=O) groups excluding carboxylic acids is 3. The molecular formula is C22H22FN5O3. The van der Waals surface area contributed by atoms with Crippen LogP contribution in [-0.4, -0.2) is 63.1 Å². The second kappa shape index (κ2) is 8.25. The summed E-state index contributed by atoms with van der Waals surface area (Å²) in [6.07, 6.45) is 3.61. The van der Waals surface area contributed by atoms with Crippen LogP contribution in [0, 0.1) is 0 Å². The van der Waals surface area contributed by atoms with Gasteiger partial charge in [-0.25, -0.2) is 4.39 Å². The molecule has 2 aromatic heterocycles. The minimum atomic E-state index is -1.24. The lowest BCUT2D eigenvalue weighted by atomic mass is 10.0. The summed E-state index contributed by atoms with van der Waals surface area (Å²) < 4.78 is 15.6. The second-order valence-electron chi connectivity index (χ2n) is 7.60. The quantitative estimate of drug-likeness (QED) is 0.633. The van der Waals surface area contributed by atoms with E-state index in [-0.39, 0.29) is 37.1 Å². The fourth-order valence-electron chi connectivity index (χ4n) is 4.06. The number of likely N-dealkylation sites (N-methyl/N-ethyl adjacent to an activating group) is 1. The molecular weight excluding hydrogens is 401 g/mol. The number of hydrogen-bond acceptors (Lipinski definition) is 5. The minimum absolute atomic E-state index is 0.0140. The van der Waals surface area contributed by atoms with E-state index in [1.807, 2.05) is 24.3 Å². The monoisotopic (exact) mass is 423 g/mol. The number of fused-ring (bicyclic) bond motifs is 1. The van der Waals surface area contributed by atoms with Crippen molar-refractivity contribution in [1.29, 1.82) is 0 Å². The predicted molar refractivity (Wildman–Crippen MR) is 112 cm³/mol. The van der Waals surface area contributed by atoms with E-state index in [4.69, 9.17) is 0 Å². The minimum Gasteiger partial charge on any atom is -0.357 e. The Balaban J connectivity index is 1.69. The first kappa shape index (κ1) is 20.6. The number of nitrogens with one attached hydrogen (secondary N) is 1. The summed E-state index contributed by atoms with van der Waals surface area (Å²) in [5, 5.41) is 10.9. The number of rotatable bonds is 5. The van der Waals surface area contributed by atoms with Crippen LogP contribution in [0.2, 0.25) is 0 Å². The van der Waals surface area contributed by atoms with Crippen LogP contribution in [0.3, 0.4) is 0 Å². The summed E-state index contributed by atoms with van der Waals surface area (Å²) in [5.41, 5.74) is 2.92. The smallest absolute Gasteiger partial charge is 0.243 e. The molecule has 1 aromatic carbocycles. The van der Waals surface area contributed by atoms with Crippen LogP contribution in [0.1, 0.15) is 23.7 Å². The molecule has 1 saturated heterocycles. The third kappa shape index (κ3) is 3.90. The molecule has 9 heteroatoms. The number of alkyl halides is 1. The molecule has 0 aliphatic carbocycles. The number of Topliss-reactive ketones (excluding diaryl/α,β-unsaturated/α-hetero) is 1. The van der Waals surface area contributed by atoms with E-state index in [0.717, 1.165) is 11.1 Å². The summed E-state index contributed by atoms with van der Waals surface area (Å²) >= 11 is 0. The number of halogens is 1. The number of carbonyl (C=O) groups is 3. The first-order valence-corrected chi connectivity index (χ1v) is 9.95. The Bertz CT molecular complexity index is 1160. The van der Waals surface area contributed by atoms with Crippen molar-refractivity contribution >= 4 is 28.5 Å². The highest BCUT2D eigenvalue weighted by atomic mass is 19.1. The first-order valence-electron chi connectivity index (χ1n) is 9.95. The van der Waals surface area contributed by atoms with Crippen LogP contribution in [0.4, 0.5) is 4.39 Å². The van der Waals surface area contributed by atoms with Crippen molar-refractivity contribution in [3.63, 3.8) is 0 Å². The van der Waals surface area contributed by atoms with Crippen LogP contribution in [-0.2, 0) is 16.1 Å². The van der Waals surface area contributed by atoms with Gasteiger partial charge in [-0.3, -0.25) is 14.4 Å². The van der Waals surface area contributed by atoms with E-state index < -0.39 is 12.2 Å². The molecule has 0 bridgehead atoms. The molecule has 2 atom stereocenters. The largest absolute Gasteiger partial charge is 0.357 e. The lowest BCUT2D eigenvalue weighted by Crippen LogP contribution is -2.46. The Kier molecular flexibility index (Phi) is 5.50. The molecule has 0 spiro atoms. The van der Waals surface area contributed by atoms with E-state index >= 15 is 0 Å². The summed E-state index contributed by atoms with van der Waals surface area (Å²) in [5.74, 6) is -0.886. The molecule has 0 radical (unpaired) electrons. The maximum Gasteiger partial charge on any atom is 0.243 e. The lowest BCUT2D eigenvalue weighted by molar-refractivity contribution is -0.138. The maximum absolute atomic E-state index is 14.0. The van der Waals surface area contributed by atoms with Gasteiger partial charge in [0, 0.05) is 41.7 Å². The fourth-order valence-corrected chi connectivity index (χ4v) is 4.06. The summed E-state index contributed by atoms with van der Waals surface area (Å²) in [6, 6.07) is 6.59. The highest BCUT2D eigenvalue weighted by Gasteiger charge is 2.39. The molecule has 3 aromatic rings. The van der Waals surface area contributed by atoms with Crippen molar-refractivity contribution in [2.75, 3.05) is 13.6 Å². The summed E-state index contributed by atoms with van der Waals surface area (Å²) in [6.45, 7) is 1.26. The van der Waals surface area contributed by atoms with E-state index in [2.05, 4.69) is 15.5 Å². The highest BCUT2D eigenvalue weighted by molar-refractivity contribution is 6.08. The zero-order valence-corrected chi connectivity index (χ0v) is 17.2. The highest BCUT2D eigenvalue weighted by Crippen LogP contribution is 2.29. The van der Waals surface area contributed by atoms with Gasteiger partial charge in [-0.15, -0.1) is 0 Å². The van der Waals surface area contributed by atoms with Crippen molar-refractivity contribution in [1.82, 2.24) is 25.0 Å². The average Bonchev–Trinajstić information content (AvgIpc) is 3.34. The lowest BCUT2D eigenvalue weighted by Gasteiger charge is -2.23. The van der Waals surface area contributed by atoms with Crippen molar-refractivity contribution in [3.8, 4) is 11.1 Å². The number of hydrogen-bond donors (Lipinski definition) is 1. The molecule has 1 aliphatic heterocycles. The zero-order chi connectivity index (χ0) is 22.1. The van der Waals surface area contributed by atoms with Crippen molar-refractivity contribution in [3.05, 3.63) is 48.4 Å². The van der Waals surface area contributed by atoms with Gasteiger partial charge in [0.15, 0.2) is 5.78 Å². The number of amides is 2. The molecule has 1 fully saturated rings. The van der Waals surface area contributed by atoms with Gasteiger partial charge in [0.05, 0.1) is 18.9 Å². The van der Waals surface area contributed by atoms with Gasteiger partial charge in [0.2, 0.25) is 11.8 Å². The topological polar surface area (TPSA) is 97.2 Å². The Morgan fingerprint density at radius 3 is 2.68 bits per heavy atom. The number of benzene rings is 1.